The van der Waals surface area contributed by atoms with Gasteiger partial charge in [0.2, 0.25) is 5.91 Å². The molecule has 0 aliphatic carbocycles. The molecule has 2 aliphatic heterocycles. The zero-order valence-corrected chi connectivity index (χ0v) is 15.6. The van der Waals surface area contributed by atoms with Crippen molar-refractivity contribution in [1.82, 2.24) is 9.80 Å². The standard InChI is InChI=1S/C20H27FN2O4/c21-18-7-2-1-6-17(18)20(25)23-10-4-9-22(11-12-23)19(24)8-14-26-15-16-5-3-13-27-16/h1-2,6-7,16H,3-5,8-15H2. The summed E-state index contributed by atoms with van der Waals surface area (Å²) in [5.41, 5.74) is 0.0832. The van der Waals surface area contributed by atoms with Crippen LogP contribution in [0.25, 0.3) is 0 Å². The highest BCUT2D eigenvalue weighted by molar-refractivity contribution is 5.94. The lowest BCUT2D eigenvalue weighted by atomic mass is 10.2. The van der Waals surface area contributed by atoms with Crippen molar-refractivity contribution in [3.63, 3.8) is 0 Å². The molecule has 0 radical (unpaired) electrons. The number of carbonyl (C=O) groups is 2. The first kappa shape index (κ1) is 19.8. The molecule has 0 spiro atoms. The van der Waals surface area contributed by atoms with Gasteiger partial charge in [-0.3, -0.25) is 9.59 Å². The maximum Gasteiger partial charge on any atom is 0.256 e. The van der Waals surface area contributed by atoms with Crippen LogP contribution in [-0.2, 0) is 14.3 Å². The SMILES string of the molecule is O=C(CCOCC1CCCO1)N1CCCN(C(=O)c2ccccc2F)CC1. The molecule has 3 rings (SSSR count). The molecule has 2 amide bonds. The molecule has 27 heavy (non-hydrogen) atoms. The van der Waals surface area contributed by atoms with Gasteiger partial charge in [-0.15, -0.1) is 0 Å². The smallest absolute Gasteiger partial charge is 0.256 e. The van der Waals surface area contributed by atoms with Gasteiger partial charge in [-0.25, -0.2) is 4.39 Å². The molecule has 0 bridgehead atoms. The van der Waals surface area contributed by atoms with E-state index in [0.717, 1.165) is 19.4 Å². The molecule has 2 fully saturated rings. The molecule has 2 aliphatic rings. The number of hydrogen-bond acceptors (Lipinski definition) is 4. The summed E-state index contributed by atoms with van der Waals surface area (Å²) in [7, 11) is 0. The second kappa shape index (κ2) is 9.80. The molecule has 1 atom stereocenters. The molecule has 1 aromatic rings. The minimum atomic E-state index is -0.511. The van der Waals surface area contributed by atoms with E-state index in [4.69, 9.17) is 9.47 Å². The predicted molar refractivity (Wildman–Crippen MR) is 97.9 cm³/mol. The van der Waals surface area contributed by atoms with E-state index in [1.807, 2.05) is 0 Å². The number of halogens is 1. The zero-order valence-electron chi connectivity index (χ0n) is 15.6. The van der Waals surface area contributed by atoms with Crippen molar-refractivity contribution in [3.8, 4) is 0 Å². The van der Waals surface area contributed by atoms with Crippen LogP contribution in [0.4, 0.5) is 4.39 Å². The van der Waals surface area contributed by atoms with Crippen LogP contribution in [0.5, 0.6) is 0 Å². The molecule has 1 aromatic carbocycles. The van der Waals surface area contributed by atoms with E-state index < -0.39 is 5.82 Å². The van der Waals surface area contributed by atoms with Crippen LogP contribution in [0.2, 0.25) is 0 Å². The highest BCUT2D eigenvalue weighted by Crippen LogP contribution is 2.14. The Morgan fingerprint density at radius 2 is 1.89 bits per heavy atom. The molecular weight excluding hydrogens is 351 g/mol. The number of hydrogen-bond donors (Lipinski definition) is 0. The Hall–Kier alpha value is -1.99. The molecule has 2 saturated heterocycles. The van der Waals surface area contributed by atoms with Gasteiger partial charge in [-0.2, -0.15) is 0 Å². The topological polar surface area (TPSA) is 59.1 Å². The summed E-state index contributed by atoms with van der Waals surface area (Å²) in [5, 5.41) is 0. The first-order chi connectivity index (χ1) is 13.1. The minimum Gasteiger partial charge on any atom is -0.378 e. The molecule has 0 saturated carbocycles. The number of benzene rings is 1. The van der Waals surface area contributed by atoms with Crippen molar-refractivity contribution in [1.29, 1.82) is 0 Å². The Morgan fingerprint density at radius 3 is 2.67 bits per heavy atom. The van der Waals surface area contributed by atoms with Crippen molar-refractivity contribution in [2.75, 3.05) is 46.0 Å². The summed E-state index contributed by atoms with van der Waals surface area (Å²) in [6.07, 6.45) is 3.27. The second-order valence-corrected chi connectivity index (χ2v) is 6.97. The van der Waals surface area contributed by atoms with Gasteiger partial charge < -0.3 is 19.3 Å². The van der Waals surface area contributed by atoms with Crippen LogP contribution in [-0.4, -0.2) is 73.7 Å². The van der Waals surface area contributed by atoms with Gasteiger partial charge in [0.1, 0.15) is 5.82 Å². The van der Waals surface area contributed by atoms with E-state index >= 15 is 0 Å². The molecule has 2 heterocycles. The largest absolute Gasteiger partial charge is 0.378 e. The van der Waals surface area contributed by atoms with E-state index in [9.17, 15) is 14.0 Å². The van der Waals surface area contributed by atoms with E-state index in [2.05, 4.69) is 0 Å². The van der Waals surface area contributed by atoms with Gasteiger partial charge in [0.15, 0.2) is 0 Å². The zero-order chi connectivity index (χ0) is 19.1. The van der Waals surface area contributed by atoms with Crippen molar-refractivity contribution >= 4 is 11.8 Å². The monoisotopic (exact) mass is 378 g/mol. The molecular formula is C20H27FN2O4. The summed E-state index contributed by atoms with van der Waals surface area (Å²) in [5.74, 6) is -0.798. The van der Waals surface area contributed by atoms with Crippen molar-refractivity contribution in [2.24, 2.45) is 0 Å². The lowest BCUT2D eigenvalue weighted by Crippen LogP contribution is -2.38. The number of nitrogens with zero attached hydrogens (tertiary/aromatic N) is 2. The number of carbonyl (C=O) groups excluding carboxylic acids is 2. The molecule has 148 valence electrons. The van der Waals surface area contributed by atoms with E-state index in [1.165, 1.54) is 12.1 Å². The van der Waals surface area contributed by atoms with Crippen molar-refractivity contribution < 1.29 is 23.5 Å². The lowest BCUT2D eigenvalue weighted by Gasteiger charge is -2.22. The average molecular weight is 378 g/mol. The Balaban J connectivity index is 1.42. The minimum absolute atomic E-state index is 0.0301. The quantitative estimate of drug-likeness (QED) is 0.712. The van der Waals surface area contributed by atoms with Gasteiger partial charge in [-0.05, 0) is 31.4 Å². The molecule has 0 N–H and O–H groups in total. The Morgan fingerprint density at radius 1 is 1.11 bits per heavy atom. The van der Waals surface area contributed by atoms with Gasteiger partial charge in [-0.1, -0.05) is 12.1 Å². The van der Waals surface area contributed by atoms with E-state index in [0.29, 0.717) is 52.2 Å². The number of amides is 2. The highest BCUT2D eigenvalue weighted by Gasteiger charge is 2.24. The van der Waals surface area contributed by atoms with Crippen LogP contribution in [0.15, 0.2) is 24.3 Å². The third-order valence-corrected chi connectivity index (χ3v) is 5.03. The Labute approximate surface area is 159 Å². The highest BCUT2D eigenvalue weighted by atomic mass is 19.1. The van der Waals surface area contributed by atoms with Gasteiger partial charge in [0.05, 0.1) is 31.3 Å². The summed E-state index contributed by atoms with van der Waals surface area (Å²) < 4.78 is 24.9. The van der Waals surface area contributed by atoms with Crippen LogP contribution < -0.4 is 0 Å². The Bertz CT molecular complexity index is 649. The lowest BCUT2D eigenvalue weighted by molar-refractivity contribution is -0.132. The van der Waals surface area contributed by atoms with Crippen LogP contribution >= 0.6 is 0 Å². The fourth-order valence-electron chi connectivity index (χ4n) is 3.48. The summed E-state index contributed by atoms with van der Waals surface area (Å²) in [6, 6.07) is 6.00. The van der Waals surface area contributed by atoms with Gasteiger partial charge in [0, 0.05) is 32.8 Å². The number of ether oxygens (including phenoxy) is 2. The summed E-state index contributed by atoms with van der Waals surface area (Å²) in [4.78, 5) is 28.3. The third-order valence-electron chi connectivity index (χ3n) is 5.03. The molecule has 6 nitrogen and oxygen atoms in total. The average Bonchev–Trinajstić information content (AvgIpc) is 3.07. The van der Waals surface area contributed by atoms with Crippen molar-refractivity contribution in [2.45, 2.75) is 31.8 Å². The second-order valence-electron chi connectivity index (χ2n) is 6.97. The van der Waals surface area contributed by atoms with Gasteiger partial charge in [0.25, 0.3) is 5.91 Å². The summed E-state index contributed by atoms with van der Waals surface area (Å²) in [6.45, 7) is 3.71. The number of rotatable bonds is 6. The predicted octanol–water partition coefficient (Wildman–Crippen LogP) is 2.09. The maximum absolute atomic E-state index is 13.9. The van der Waals surface area contributed by atoms with Crippen molar-refractivity contribution in [3.05, 3.63) is 35.6 Å². The molecule has 0 aromatic heterocycles. The van der Waals surface area contributed by atoms with Crippen LogP contribution in [0, 0.1) is 5.82 Å². The maximum atomic E-state index is 13.9. The van der Waals surface area contributed by atoms with Crippen LogP contribution in [0.1, 0.15) is 36.0 Å². The van der Waals surface area contributed by atoms with Crippen LogP contribution in [0.3, 0.4) is 0 Å². The van der Waals surface area contributed by atoms with E-state index in [-0.39, 0.29) is 23.5 Å². The fraction of sp³-hybridized carbons (Fsp3) is 0.600. The molecule has 7 heteroatoms. The first-order valence-corrected chi connectivity index (χ1v) is 9.66. The fourth-order valence-corrected chi connectivity index (χ4v) is 3.48. The third kappa shape index (κ3) is 5.49. The Kier molecular flexibility index (Phi) is 7.18. The van der Waals surface area contributed by atoms with Gasteiger partial charge >= 0.3 is 0 Å². The first-order valence-electron chi connectivity index (χ1n) is 9.66. The molecule has 1 unspecified atom stereocenters. The summed E-state index contributed by atoms with van der Waals surface area (Å²) >= 11 is 0. The normalized spacial score (nSPS) is 20.6. The van der Waals surface area contributed by atoms with E-state index in [1.54, 1.807) is 21.9 Å².